The number of thiazole rings is 1. The van der Waals surface area contributed by atoms with E-state index in [9.17, 15) is 0 Å². The van der Waals surface area contributed by atoms with Crippen molar-refractivity contribution in [1.82, 2.24) is 9.97 Å². The molecule has 0 aliphatic rings. The van der Waals surface area contributed by atoms with Gasteiger partial charge >= 0.3 is 0 Å². The topological polar surface area (TPSA) is 38.3 Å². The molecule has 0 radical (unpaired) electrons. The second kappa shape index (κ2) is 7.60. The summed E-state index contributed by atoms with van der Waals surface area (Å²) in [5, 5.41) is 1.76. The Morgan fingerprint density at radius 1 is 0.926 bits per heavy atom. The van der Waals surface area contributed by atoms with E-state index in [1.807, 2.05) is 79.5 Å². The van der Waals surface area contributed by atoms with E-state index < -0.39 is 0 Å². The fraction of sp³-hybridized carbons (Fsp3) is 0.0909. The molecule has 0 N–H and O–H groups in total. The van der Waals surface area contributed by atoms with Crippen LogP contribution >= 0.6 is 11.3 Å². The van der Waals surface area contributed by atoms with Crippen LogP contribution in [0, 0.1) is 6.92 Å². The number of rotatable bonds is 5. The zero-order valence-electron chi connectivity index (χ0n) is 15.2. The number of ether oxygens (including phenoxy) is 1. The standard InChI is InChI=1S/C22H19N3OS/c1-16-24-21(17-9-5-3-6-10-17)22(27-16)26-19-13-14-23-20(15-19)25(2)18-11-7-4-8-12-18/h3-15H,1-2H3. The third kappa shape index (κ3) is 3.83. The van der Waals surface area contributed by atoms with E-state index in [0.29, 0.717) is 0 Å². The summed E-state index contributed by atoms with van der Waals surface area (Å²) in [6.07, 6.45) is 1.76. The smallest absolute Gasteiger partial charge is 0.208 e. The summed E-state index contributed by atoms with van der Waals surface area (Å²) in [5.41, 5.74) is 2.99. The lowest BCUT2D eigenvalue weighted by molar-refractivity contribution is 0.496. The molecule has 4 nitrogen and oxygen atoms in total. The lowest BCUT2D eigenvalue weighted by Crippen LogP contribution is -2.10. The van der Waals surface area contributed by atoms with Crippen LogP contribution in [0.3, 0.4) is 0 Å². The number of aromatic nitrogens is 2. The molecule has 0 aliphatic carbocycles. The summed E-state index contributed by atoms with van der Waals surface area (Å²) in [6, 6.07) is 24.0. The third-order valence-corrected chi connectivity index (χ3v) is 5.01. The predicted molar refractivity (Wildman–Crippen MR) is 111 cm³/mol. The van der Waals surface area contributed by atoms with E-state index in [1.165, 1.54) is 0 Å². The third-order valence-electron chi connectivity index (χ3n) is 4.16. The molecule has 0 unspecified atom stereocenters. The Hall–Kier alpha value is -3.18. The van der Waals surface area contributed by atoms with Crippen molar-refractivity contribution in [2.24, 2.45) is 0 Å². The van der Waals surface area contributed by atoms with Gasteiger partial charge in [0, 0.05) is 30.6 Å². The minimum atomic E-state index is 0.739. The van der Waals surface area contributed by atoms with Gasteiger partial charge in [0.25, 0.3) is 0 Å². The van der Waals surface area contributed by atoms with Gasteiger partial charge in [-0.1, -0.05) is 59.9 Å². The maximum atomic E-state index is 6.20. The van der Waals surface area contributed by atoms with Gasteiger partial charge in [0.2, 0.25) is 5.06 Å². The molecule has 134 valence electrons. The van der Waals surface area contributed by atoms with Crippen LogP contribution in [0.25, 0.3) is 11.3 Å². The molecule has 4 rings (SSSR count). The van der Waals surface area contributed by atoms with Crippen molar-refractivity contribution >= 4 is 22.8 Å². The van der Waals surface area contributed by atoms with Crippen molar-refractivity contribution in [2.45, 2.75) is 6.92 Å². The molecular formula is C22H19N3OS. The second-order valence-corrected chi connectivity index (χ2v) is 7.25. The molecule has 0 saturated heterocycles. The predicted octanol–water partition coefficient (Wildman–Crippen LogP) is 6.07. The fourth-order valence-corrected chi connectivity index (χ4v) is 3.60. The van der Waals surface area contributed by atoms with Crippen molar-refractivity contribution in [3.05, 3.63) is 84.0 Å². The lowest BCUT2D eigenvalue weighted by Gasteiger charge is -2.18. The molecule has 0 amide bonds. The number of hydrogen-bond donors (Lipinski definition) is 0. The summed E-state index contributed by atoms with van der Waals surface area (Å²) >= 11 is 1.55. The Balaban J connectivity index is 1.63. The zero-order valence-corrected chi connectivity index (χ0v) is 16.0. The number of aryl methyl sites for hydroxylation is 1. The number of nitrogens with zero attached hydrogens (tertiary/aromatic N) is 3. The van der Waals surface area contributed by atoms with Gasteiger partial charge in [-0.3, -0.25) is 0 Å². The normalized spacial score (nSPS) is 10.6. The first kappa shape index (κ1) is 17.2. The average Bonchev–Trinajstić information content (AvgIpc) is 3.09. The molecule has 2 aromatic heterocycles. The highest BCUT2D eigenvalue weighted by Gasteiger charge is 2.14. The van der Waals surface area contributed by atoms with Gasteiger partial charge in [0.05, 0.1) is 5.01 Å². The molecule has 0 saturated carbocycles. The first-order chi connectivity index (χ1) is 13.2. The maximum Gasteiger partial charge on any atom is 0.208 e. The number of benzene rings is 2. The van der Waals surface area contributed by atoms with E-state index in [4.69, 9.17) is 4.74 Å². The molecule has 0 bridgehead atoms. The minimum absolute atomic E-state index is 0.739. The Kier molecular flexibility index (Phi) is 4.85. The first-order valence-corrected chi connectivity index (χ1v) is 9.48. The number of anilines is 2. The monoisotopic (exact) mass is 373 g/mol. The van der Waals surface area contributed by atoms with Crippen LogP contribution in [-0.4, -0.2) is 17.0 Å². The van der Waals surface area contributed by atoms with Crippen molar-refractivity contribution in [3.63, 3.8) is 0 Å². The van der Waals surface area contributed by atoms with E-state index >= 15 is 0 Å². The van der Waals surface area contributed by atoms with Gasteiger partial charge in [-0.15, -0.1) is 0 Å². The Morgan fingerprint density at radius 2 is 1.63 bits per heavy atom. The molecule has 0 aliphatic heterocycles. The van der Waals surface area contributed by atoms with Gasteiger partial charge in [0.1, 0.15) is 17.3 Å². The molecule has 27 heavy (non-hydrogen) atoms. The van der Waals surface area contributed by atoms with E-state index in [0.717, 1.165) is 38.6 Å². The van der Waals surface area contributed by atoms with Crippen LogP contribution in [0.1, 0.15) is 5.01 Å². The Bertz CT molecular complexity index is 1030. The SMILES string of the molecule is Cc1nc(-c2ccccc2)c(Oc2ccnc(N(C)c3ccccc3)c2)s1. The van der Waals surface area contributed by atoms with Crippen molar-refractivity contribution in [2.75, 3.05) is 11.9 Å². The van der Waals surface area contributed by atoms with Gasteiger partial charge in [-0.2, -0.15) is 0 Å². The molecular weight excluding hydrogens is 354 g/mol. The van der Waals surface area contributed by atoms with Gasteiger partial charge < -0.3 is 9.64 Å². The quantitative estimate of drug-likeness (QED) is 0.425. The highest BCUT2D eigenvalue weighted by Crippen LogP contribution is 2.38. The van der Waals surface area contributed by atoms with Crippen LogP contribution < -0.4 is 9.64 Å². The molecule has 0 spiro atoms. The van der Waals surface area contributed by atoms with Crippen LogP contribution in [0.5, 0.6) is 10.8 Å². The van der Waals surface area contributed by atoms with E-state index in [2.05, 4.69) is 22.1 Å². The van der Waals surface area contributed by atoms with Crippen LogP contribution in [0.15, 0.2) is 79.0 Å². The van der Waals surface area contributed by atoms with Gasteiger partial charge in [-0.25, -0.2) is 9.97 Å². The highest BCUT2D eigenvalue weighted by atomic mass is 32.1. The summed E-state index contributed by atoms with van der Waals surface area (Å²) in [7, 11) is 1.99. The van der Waals surface area contributed by atoms with Gasteiger partial charge in [-0.05, 0) is 25.1 Å². The van der Waals surface area contributed by atoms with E-state index in [1.54, 1.807) is 17.5 Å². The van der Waals surface area contributed by atoms with Crippen molar-refractivity contribution in [1.29, 1.82) is 0 Å². The second-order valence-electron chi connectivity index (χ2n) is 6.08. The maximum absolute atomic E-state index is 6.20. The van der Waals surface area contributed by atoms with Crippen LogP contribution in [0.4, 0.5) is 11.5 Å². The molecule has 0 atom stereocenters. The Morgan fingerprint density at radius 3 is 2.37 bits per heavy atom. The summed E-state index contributed by atoms with van der Waals surface area (Å²) in [6.45, 7) is 1.99. The largest absolute Gasteiger partial charge is 0.444 e. The first-order valence-electron chi connectivity index (χ1n) is 8.66. The molecule has 4 aromatic rings. The lowest BCUT2D eigenvalue weighted by atomic mass is 10.2. The average molecular weight is 373 g/mol. The molecule has 2 heterocycles. The molecule has 0 fully saturated rings. The molecule has 2 aromatic carbocycles. The van der Waals surface area contributed by atoms with Gasteiger partial charge in [0.15, 0.2) is 0 Å². The summed E-state index contributed by atoms with van der Waals surface area (Å²) in [4.78, 5) is 11.2. The highest BCUT2D eigenvalue weighted by molar-refractivity contribution is 7.13. The van der Waals surface area contributed by atoms with Crippen LogP contribution in [0.2, 0.25) is 0 Å². The number of para-hydroxylation sites is 1. The summed E-state index contributed by atoms with van der Waals surface area (Å²) < 4.78 is 6.20. The van der Waals surface area contributed by atoms with Crippen LogP contribution in [-0.2, 0) is 0 Å². The number of pyridine rings is 1. The molecule has 5 heteroatoms. The van der Waals surface area contributed by atoms with E-state index in [-0.39, 0.29) is 0 Å². The number of hydrogen-bond acceptors (Lipinski definition) is 5. The fourth-order valence-electron chi connectivity index (χ4n) is 2.79. The Labute approximate surface area is 162 Å². The summed E-state index contributed by atoms with van der Waals surface area (Å²) in [5.74, 6) is 1.56. The zero-order chi connectivity index (χ0) is 18.6. The van der Waals surface area contributed by atoms with Crippen molar-refractivity contribution < 1.29 is 4.74 Å². The van der Waals surface area contributed by atoms with Crippen molar-refractivity contribution in [3.8, 4) is 22.1 Å². The minimum Gasteiger partial charge on any atom is -0.444 e.